The number of hydrogen-bond acceptors (Lipinski definition) is 3. The van der Waals surface area contributed by atoms with Gasteiger partial charge in [-0.15, -0.1) is 0 Å². The number of nitrogens with zero attached hydrogens (tertiary/aromatic N) is 1. The van der Waals surface area contributed by atoms with Gasteiger partial charge in [0.15, 0.2) is 0 Å². The van der Waals surface area contributed by atoms with Crippen LogP contribution in [0, 0.1) is 0 Å². The smallest absolute Gasteiger partial charge is 0.223 e. The lowest BCUT2D eigenvalue weighted by atomic mass is 10.0. The van der Waals surface area contributed by atoms with Gasteiger partial charge in [-0.05, 0) is 42.5 Å². The molecular weight excluding hydrogens is 326 g/mol. The molecule has 1 saturated heterocycles. The molecule has 1 aliphatic rings. The third kappa shape index (κ3) is 5.33. The van der Waals surface area contributed by atoms with Gasteiger partial charge in [0.05, 0.1) is 19.8 Å². The van der Waals surface area contributed by atoms with Crippen molar-refractivity contribution >= 4 is 5.91 Å². The van der Waals surface area contributed by atoms with Crippen LogP contribution in [0.1, 0.15) is 24.0 Å². The Labute approximate surface area is 155 Å². The van der Waals surface area contributed by atoms with Gasteiger partial charge in [-0.1, -0.05) is 42.5 Å². The van der Waals surface area contributed by atoms with Crippen molar-refractivity contribution in [2.45, 2.75) is 31.8 Å². The average Bonchev–Trinajstić information content (AvgIpc) is 2.71. The second-order valence-corrected chi connectivity index (χ2v) is 6.71. The number of amides is 1. The number of carbonyl (C=O) groups is 1. The fraction of sp³-hybridized carbons (Fsp3) is 0.409. The van der Waals surface area contributed by atoms with Crippen LogP contribution in [-0.2, 0) is 22.4 Å². The quantitative estimate of drug-likeness (QED) is 0.765. The summed E-state index contributed by atoms with van der Waals surface area (Å²) in [6, 6.07) is 18.4. The van der Waals surface area contributed by atoms with Crippen LogP contribution in [0.5, 0.6) is 5.75 Å². The van der Waals surface area contributed by atoms with Gasteiger partial charge in [0.1, 0.15) is 5.75 Å². The first kappa shape index (κ1) is 18.5. The Morgan fingerprint density at radius 1 is 1.12 bits per heavy atom. The van der Waals surface area contributed by atoms with E-state index in [2.05, 4.69) is 24.3 Å². The van der Waals surface area contributed by atoms with E-state index in [9.17, 15) is 4.79 Å². The molecule has 0 saturated carbocycles. The zero-order chi connectivity index (χ0) is 18.2. The van der Waals surface area contributed by atoms with E-state index in [1.54, 1.807) is 7.11 Å². The highest BCUT2D eigenvalue weighted by Gasteiger charge is 2.23. The Morgan fingerprint density at radius 3 is 2.73 bits per heavy atom. The summed E-state index contributed by atoms with van der Waals surface area (Å²) >= 11 is 0. The summed E-state index contributed by atoms with van der Waals surface area (Å²) in [5, 5.41) is 0. The van der Waals surface area contributed by atoms with Crippen molar-refractivity contribution < 1.29 is 14.3 Å². The van der Waals surface area contributed by atoms with Crippen molar-refractivity contribution in [3.63, 3.8) is 0 Å². The molecule has 0 spiro atoms. The van der Waals surface area contributed by atoms with Gasteiger partial charge in [-0.2, -0.15) is 0 Å². The van der Waals surface area contributed by atoms with Crippen LogP contribution in [-0.4, -0.2) is 43.7 Å². The molecule has 1 amide bonds. The zero-order valence-electron chi connectivity index (χ0n) is 15.4. The molecule has 1 fully saturated rings. The number of rotatable bonds is 7. The molecule has 138 valence electrons. The van der Waals surface area contributed by atoms with Crippen molar-refractivity contribution in [3.8, 4) is 5.75 Å². The molecule has 4 nitrogen and oxygen atoms in total. The minimum atomic E-state index is 0.129. The van der Waals surface area contributed by atoms with Crippen LogP contribution in [0.2, 0.25) is 0 Å². The van der Waals surface area contributed by atoms with Gasteiger partial charge >= 0.3 is 0 Å². The van der Waals surface area contributed by atoms with Crippen molar-refractivity contribution in [3.05, 3.63) is 65.7 Å². The molecule has 0 bridgehead atoms. The third-order valence-corrected chi connectivity index (χ3v) is 4.85. The standard InChI is InChI=1S/C22H27NO3/c1-25-20-9-5-8-19(16-20)11-13-22(24)23-14-15-26-21(17-23)12-10-18-6-3-2-4-7-18/h2-9,16,21H,10-15,17H2,1H3/t21-/m0/s1. The highest BCUT2D eigenvalue weighted by molar-refractivity contribution is 5.76. The zero-order valence-corrected chi connectivity index (χ0v) is 15.4. The number of hydrogen-bond donors (Lipinski definition) is 0. The Balaban J connectivity index is 1.46. The molecule has 1 aliphatic heterocycles. The largest absolute Gasteiger partial charge is 0.497 e. The number of methoxy groups -OCH3 is 1. The number of ether oxygens (including phenoxy) is 2. The Kier molecular flexibility index (Phi) is 6.67. The second kappa shape index (κ2) is 9.39. The van der Waals surface area contributed by atoms with Crippen molar-refractivity contribution in [2.75, 3.05) is 26.8 Å². The first-order valence-electron chi connectivity index (χ1n) is 9.31. The van der Waals surface area contributed by atoms with E-state index in [0.717, 1.165) is 30.6 Å². The van der Waals surface area contributed by atoms with E-state index < -0.39 is 0 Å². The molecule has 4 heteroatoms. The first-order valence-corrected chi connectivity index (χ1v) is 9.31. The van der Waals surface area contributed by atoms with Gasteiger partial charge in [-0.25, -0.2) is 0 Å². The van der Waals surface area contributed by atoms with Crippen molar-refractivity contribution in [2.24, 2.45) is 0 Å². The van der Waals surface area contributed by atoms with E-state index >= 15 is 0 Å². The third-order valence-electron chi connectivity index (χ3n) is 4.85. The van der Waals surface area contributed by atoms with E-state index in [0.29, 0.717) is 26.1 Å². The predicted octanol–water partition coefficient (Wildman–Crippen LogP) is 3.49. The molecule has 3 rings (SSSR count). The maximum absolute atomic E-state index is 12.6. The summed E-state index contributed by atoms with van der Waals surface area (Å²) in [5.74, 6) is 1.04. The van der Waals surface area contributed by atoms with Gasteiger partial charge < -0.3 is 14.4 Å². The monoisotopic (exact) mass is 353 g/mol. The molecule has 0 aromatic heterocycles. The van der Waals surface area contributed by atoms with Gasteiger partial charge in [-0.3, -0.25) is 4.79 Å². The van der Waals surface area contributed by atoms with Crippen LogP contribution in [0.15, 0.2) is 54.6 Å². The van der Waals surface area contributed by atoms with Gasteiger partial charge in [0, 0.05) is 19.5 Å². The molecule has 2 aromatic carbocycles. The molecule has 0 aliphatic carbocycles. The Hall–Kier alpha value is -2.33. The minimum Gasteiger partial charge on any atom is -0.497 e. The minimum absolute atomic E-state index is 0.129. The van der Waals surface area contributed by atoms with E-state index in [1.807, 2.05) is 35.2 Å². The van der Waals surface area contributed by atoms with Gasteiger partial charge in [0.2, 0.25) is 5.91 Å². The van der Waals surface area contributed by atoms with Crippen LogP contribution in [0.25, 0.3) is 0 Å². The van der Waals surface area contributed by atoms with E-state index in [-0.39, 0.29) is 12.0 Å². The van der Waals surface area contributed by atoms with E-state index in [4.69, 9.17) is 9.47 Å². The normalized spacial score (nSPS) is 17.1. The summed E-state index contributed by atoms with van der Waals surface area (Å²) in [5.41, 5.74) is 2.45. The lowest BCUT2D eigenvalue weighted by molar-refractivity contribution is -0.138. The molecule has 1 atom stereocenters. The van der Waals surface area contributed by atoms with Crippen molar-refractivity contribution in [1.29, 1.82) is 0 Å². The molecular formula is C22H27NO3. The highest BCUT2D eigenvalue weighted by atomic mass is 16.5. The second-order valence-electron chi connectivity index (χ2n) is 6.71. The van der Waals surface area contributed by atoms with Crippen LogP contribution < -0.4 is 4.74 Å². The summed E-state index contributed by atoms with van der Waals surface area (Å²) < 4.78 is 11.1. The molecule has 0 unspecified atom stereocenters. The average molecular weight is 353 g/mol. The number of benzene rings is 2. The molecule has 1 heterocycles. The molecule has 0 N–H and O–H groups in total. The Bertz CT molecular complexity index is 702. The maximum atomic E-state index is 12.6. The number of carbonyl (C=O) groups excluding carboxylic acids is 1. The number of aryl methyl sites for hydroxylation is 2. The highest BCUT2D eigenvalue weighted by Crippen LogP contribution is 2.16. The lowest BCUT2D eigenvalue weighted by Crippen LogP contribution is -2.45. The van der Waals surface area contributed by atoms with Crippen LogP contribution >= 0.6 is 0 Å². The summed E-state index contributed by atoms with van der Waals surface area (Å²) in [4.78, 5) is 14.5. The fourth-order valence-electron chi connectivity index (χ4n) is 3.33. The predicted molar refractivity (Wildman–Crippen MR) is 102 cm³/mol. The summed E-state index contributed by atoms with van der Waals surface area (Å²) in [6.45, 7) is 2.02. The number of morpholine rings is 1. The van der Waals surface area contributed by atoms with Crippen LogP contribution in [0.3, 0.4) is 0 Å². The fourth-order valence-corrected chi connectivity index (χ4v) is 3.33. The Morgan fingerprint density at radius 2 is 1.92 bits per heavy atom. The first-order chi connectivity index (χ1) is 12.7. The van der Waals surface area contributed by atoms with Crippen molar-refractivity contribution in [1.82, 2.24) is 4.90 Å². The molecule has 26 heavy (non-hydrogen) atoms. The van der Waals surface area contributed by atoms with Gasteiger partial charge in [0.25, 0.3) is 0 Å². The molecule has 0 radical (unpaired) electrons. The lowest BCUT2D eigenvalue weighted by Gasteiger charge is -2.33. The topological polar surface area (TPSA) is 38.8 Å². The summed E-state index contributed by atoms with van der Waals surface area (Å²) in [6.07, 6.45) is 3.33. The summed E-state index contributed by atoms with van der Waals surface area (Å²) in [7, 11) is 1.66. The SMILES string of the molecule is COc1cccc(CCC(=O)N2CCO[C@@H](CCc3ccccc3)C2)c1. The molecule has 2 aromatic rings. The van der Waals surface area contributed by atoms with Crippen LogP contribution in [0.4, 0.5) is 0 Å². The van der Waals surface area contributed by atoms with E-state index in [1.165, 1.54) is 5.56 Å². The maximum Gasteiger partial charge on any atom is 0.223 e.